The number of hydrogen-bond acceptors (Lipinski definition) is 6. The number of aromatic nitrogens is 1. The van der Waals surface area contributed by atoms with E-state index in [1.54, 1.807) is 31.4 Å². The van der Waals surface area contributed by atoms with Crippen molar-refractivity contribution in [3.63, 3.8) is 0 Å². The van der Waals surface area contributed by atoms with Gasteiger partial charge in [0.15, 0.2) is 0 Å². The predicted octanol–water partition coefficient (Wildman–Crippen LogP) is 2.35. The number of nitrogens with one attached hydrogen (secondary N) is 1. The molecule has 2 rings (SSSR count). The fraction of sp³-hybridized carbons (Fsp3) is 0.333. The molecule has 1 aromatic heterocycles. The van der Waals surface area contributed by atoms with Gasteiger partial charge in [0.1, 0.15) is 5.69 Å². The van der Waals surface area contributed by atoms with Crippen molar-refractivity contribution >= 4 is 22.9 Å². The lowest BCUT2D eigenvalue weighted by Gasteiger charge is -2.13. The maximum absolute atomic E-state index is 12.2. The minimum absolute atomic E-state index is 0.0440. The van der Waals surface area contributed by atoms with Crippen molar-refractivity contribution in [1.29, 1.82) is 0 Å². The lowest BCUT2D eigenvalue weighted by atomic mass is 10.0. The fourth-order valence-electron chi connectivity index (χ4n) is 2.10. The van der Waals surface area contributed by atoms with Crippen molar-refractivity contribution in [2.24, 2.45) is 5.73 Å². The van der Waals surface area contributed by atoms with Crippen molar-refractivity contribution in [3.05, 3.63) is 55.5 Å². The fourth-order valence-corrected chi connectivity index (χ4v) is 2.89. The van der Waals surface area contributed by atoms with Crippen LogP contribution in [0.5, 0.6) is 0 Å². The quantitative estimate of drug-likeness (QED) is 0.622. The molecule has 1 atom stereocenters. The molecule has 1 aromatic carbocycles. The Morgan fingerprint density at radius 1 is 1.52 bits per heavy atom. The Hall–Kier alpha value is -2.32. The number of aryl methyl sites for hydroxylation is 1. The third kappa shape index (κ3) is 4.11. The topological polar surface area (TPSA) is 111 Å². The molecule has 8 heteroatoms. The van der Waals surface area contributed by atoms with Gasteiger partial charge >= 0.3 is 0 Å². The third-order valence-electron chi connectivity index (χ3n) is 3.42. The molecule has 0 fully saturated rings. The van der Waals surface area contributed by atoms with Gasteiger partial charge in [0, 0.05) is 23.4 Å². The highest BCUT2D eigenvalue weighted by Gasteiger charge is 2.17. The molecule has 0 radical (unpaired) electrons. The summed E-state index contributed by atoms with van der Waals surface area (Å²) in [6.07, 6.45) is 0.637. The molecular formula is C15H18N4O3S. The number of nitro groups is 1. The monoisotopic (exact) mass is 334 g/mol. The highest BCUT2D eigenvalue weighted by Crippen LogP contribution is 2.23. The van der Waals surface area contributed by atoms with Crippen LogP contribution >= 0.6 is 11.3 Å². The second-order valence-electron chi connectivity index (χ2n) is 5.16. The van der Waals surface area contributed by atoms with E-state index in [1.165, 1.54) is 17.4 Å². The molecule has 0 spiro atoms. The maximum atomic E-state index is 12.2. The average molecular weight is 334 g/mol. The summed E-state index contributed by atoms with van der Waals surface area (Å²) < 4.78 is 0. The normalized spacial score (nSPS) is 12.0. The molecule has 0 saturated carbocycles. The van der Waals surface area contributed by atoms with Crippen LogP contribution in [0, 0.1) is 17.0 Å². The molecule has 3 N–H and O–H groups in total. The zero-order valence-electron chi connectivity index (χ0n) is 12.9. The van der Waals surface area contributed by atoms with Gasteiger partial charge in [-0.3, -0.25) is 14.9 Å². The number of carbonyl (C=O) groups is 1. The summed E-state index contributed by atoms with van der Waals surface area (Å²) in [6, 6.07) is 4.58. The standard InChI is InChI=1S/C15H18N4O3S/c1-9-3-4-11(7-13(9)19(21)22)10(2)17-15(20)12-8-23-14(18-12)5-6-16/h3-4,7-8,10H,5-6,16H2,1-2H3,(H,17,20). The van der Waals surface area contributed by atoms with Crippen LogP contribution in [-0.2, 0) is 6.42 Å². The molecule has 1 amide bonds. The molecule has 0 aliphatic rings. The number of rotatable bonds is 6. The van der Waals surface area contributed by atoms with Crippen LogP contribution in [-0.4, -0.2) is 22.4 Å². The molecule has 122 valence electrons. The summed E-state index contributed by atoms with van der Waals surface area (Å²) in [4.78, 5) is 27.0. The molecule has 0 bridgehead atoms. The van der Waals surface area contributed by atoms with E-state index in [4.69, 9.17) is 5.73 Å². The summed E-state index contributed by atoms with van der Waals surface area (Å²) in [6.45, 7) is 3.94. The first-order valence-corrected chi connectivity index (χ1v) is 8.00. The summed E-state index contributed by atoms with van der Waals surface area (Å²) in [7, 11) is 0. The number of nitro benzene ring substituents is 1. The predicted molar refractivity (Wildman–Crippen MR) is 88.6 cm³/mol. The Kier molecular flexibility index (Phi) is 5.41. The second kappa shape index (κ2) is 7.30. The lowest BCUT2D eigenvalue weighted by molar-refractivity contribution is -0.385. The van der Waals surface area contributed by atoms with Gasteiger partial charge in [-0.15, -0.1) is 11.3 Å². The Bertz CT molecular complexity index is 729. The summed E-state index contributed by atoms with van der Waals surface area (Å²) in [5.41, 5.74) is 7.11. The molecule has 23 heavy (non-hydrogen) atoms. The lowest BCUT2D eigenvalue weighted by Crippen LogP contribution is -2.27. The number of benzene rings is 1. The number of nitrogens with two attached hydrogens (primary N) is 1. The van der Waals surface area contributed by atoms with E-state index < -0.39 is 4.92 Å². The molecule has 7 nitrogen and oxygen atoms in total. The minimum atomic E-state index is -0.424. The van der Waals surface area contributed by atoms with Crippen LogP contribution in [0.25, 0.3) is 0 Å². The summed E-state index contributed by atoms with van der Waals surface area (Å²) in [5, 5.41) is 16.3. The second-order valence-corrected chi connectivity index (χ2v) is 6.11. The number of hydrogen-bond donors (Lipinski definition) is 2. The zero-order valence-corrected chi connectivity index (χ0v) is 13.7. The van der Waals surface area contributed by atoms with Gasteiger partial charge in [0.05, 0.1) is 16.0 Å². The largest absolute Gasteiger partial charge is 0.344 e. The molecule has 2 aromatic rings. The zero-order chi connectivity index (χ0) is 17.0. The molecule has 0 aliphatic heterocycles. The number of nitrogens with zero attached hydrogens (tertiary/aromatic N) is 2. The number of amides is 1. The summed E-state index contributed by atoms with van der Waals surface area (Å²) in [5.74, 6) is -0.305. The SMILES string of the molecule is Cc1ccc(C(C)NC(=O)c2csc(CCN)n2)cc1[N+](=O)[O-]. The highest BCUT2D eigenvalue weighted by atomic mass is 32.1. The molecule has 1 heterocycles. The van der Waals surface area contributed by atoms with E-state index in [-0.39, 0.29) is 17.6 Å². The van der Waals surface area contributed by atoms with Crippen LogP contribution in [0.15, 0.2) is 23.6 Å². The van der Waals surface area contributed by atoms with E-state index in [9.17, 15) is 14.9 Å². The van der Waals surface area contributed by atoms with Gasteiger partial charge in [0.25, 0.3) is 11.6 Å². The van der Waals surface area contributed by atoms with Crippen LogP contribution in [0.1, 0.15) is 39.6 Å². The Morgan fingerprint density at radius 3 is 2.91 bits per heavy atom. The van der Waals surface area contributed by atoms with Gasteiger partial charge in [0.2, 0.25) is 0 Å². The van der Waals surface area contributed by atoms with E-state index >= 15 is 0 Å². The first-order chi connectivity index (χ1) is 10.9. The van der Waals surface area contributed by atoms with Crippen molar-refractivity contribution in [2.75, 3.05) is 6.54 Å². The Balaban J connectivity index is 2.11. The van der Waals surface area contributed by atoms with Gasteiger partial charge in [-0.2, -0.15) is 0 Å². The third-order valence-corrected chi connectivity index (χ3v) is 4.33. The summed E-state index contributed by atoms with van der Waals surface area (Å²) >= 11 is 1.39. The molecular weight excluding hydrogens is 316 g/mol. The molecule has 0 aliphatic carbocycles. The van der Waals surface area contributed by atoms with Crippen molar-refractivity contribution in [2.45, 2.75) is 26.3 Å². The molecule has 1 unspecified atom stereocenters. The van der Waals surface area contributed by atoms with Gasteiger partial charge < -0.3 is 11.1 Å². The van der Waals surface area contributed by atoms with E-state index in [2.05, 4.69) is 10.3 Å². The van der Waals surface area contributed by atoms with Crippen molar-refractivity contribution in [1.82, 2.24) is 10.3 Å². The number of carbonyl (C=O) groups excluding carboxylic acids is 1. The highest BCUT2D eigenvalue weighted by molar-refractivity contribution is 7.09. The smallest absolute Gasteiger partial charge is 0.272 e. The van der Waals surface area contributed by atoms with Crippen LogP contribution in [0.4, 0.5) is 5.69 Å². The van der Waals surface area contributed by atoms with E-state index in [1.807, 2.05) is 0 Å². The van der Waals surface area contributed by atoms with Gasteiger partial charge in [-0.05, 0) is 26.0 Å². The van der Waals surface area contributed by atoms with Crippen LogP contribution in [0.2, 0.25) is 0 Å². The molecule has 0 saturated heterocycles. The van der Waals surface area contributed by atoms with Gasteiger partial charge in [-0.1, -0.05) is 12.1 Å². The Labute approximate surface area is 137 Å². The maximum Gasteiger partial charge on any atom is 0.272 e. The van der Waals surface area contributed by atoms with Gasteiger partial charge in [-0.25, -0.2) is 4.98 Å². The van der Waals surface area contributed by atoms with Crippen LogP contribution in [0.3, 0.4) is 0 Å². The number of thiazole rings is 1. The Morgan fingerprint density at radius 2 is 2.26 bits per heavy atom. The van der Waals surface area contributed by atoms with E-state index in [0.29, 0.717) is 29.8 Å². The first kappa shape index (κ1) is 17.0. The minimum Gasteiger partial charge on any atom is -0.344 e. The van der Waals surface area contributed by atoms with E-state index in [0.717, 1.165) is 5.01 Å². The average Bonchev–Trinajstić information content (AvgIpc) is 2.96. The van der Waals surface area contributed by atoms with Crippen molar-refractivity contribution < 1.29 is 9.72 Å². The first-order valence-electron chi connectivity index (χ1n) is 7.12. The van der Waals surface area contributed by atoms with Crippen LogP contribution < -0.4 is 11.1 Å². The van der Waals surface area contributed by atoms with Crippen molar-refractivity contribution in [3.8, 4) is 0 Å².